The largest absolute Gasteiger partial charge is 0.371 e. The van der Waals surface area contributed by atoms with E-state index in [2.05, 4.69) is 24.0 Å². The predicted octanol–water partition coefficient (Wildman–Crippen LogP) is 3.04. The topological polar surface area (TPSA) is 20.3 Å². The number of hydrogen-bond acceptors (Lipinski definition) is 2. The molecule has 0 saturated carbocycles. The van der Waals surface area contributed by atoms with Gasteiger partial charge in [0.15, 0.2) is 0 Å². The number of piperidine rings is 1. The fourth-order valence-electron chi connectivity index (χ4n) is 2.41. The standard InChI is InChI=1S/C14H19NO/c1-11-4-3-7-15(9-11)14-6-5-13(10-16)12(2)8-14/h5-6,8,10-11H,3-4,7,9H2,1-2H3. The highest BCUT2D eigenvalue weighted by Crippen LogP contribution is 2.24. The van der Waals surface area contributed by atoms with Crippen molar-refractivity contribution in [2.75, 3.05) is 18.0 Å². The molecule has 1 heterocycles. The van der Waals surface area contributed by atoms with E-state index in [0.717, 1.165) is 36.4 Å². The molecule has 1 atom stereocenters. The zero-order valence-corrected chi connectivity index (χ0v) is 10.1. The van der Waals surface area contributed by atoms with Gasteiger partial charge in [0.05, 0.1) is 0 Å². The van der Waals surface area contributed by atoms with Gasteiger partial charge >= 0.3 is 0 Å². The molecule has 86 valence electrons. The van der Waals surface area contributed by atoms with Crippen LogP contribution in [-0.4, -0.2) is 19.4 Å². The molecular formula is C14H19NO. The average molecular weight is 217 g/mol. The van der Waals surface area contributed by atoms with Crippen LogP contribution < -0.4 is 4.90 Å². The lowest BCUT2D eigenvalue weighted by Gasteiger charge is -2.33. The summed E-state index contributed by atoms with van der Waals surface area (Å²) in [5, 5.41) is 0. The van der Waals surface area contributed by atoms with Crippen LogP contribution in [0, 0.1) is 12.8 Å². The number of anilines is 1. The molecule has 0 amide bonds. The first-order chi connectivity index (χ1) is 7.70. The minimum absolute atomic E-state index is 0.778. The minimum atomic E-state index is 0.778. The zero-order chi connectivity index (χ0) is 11.5. The summed E-state index contributed by atoms with van der Waals surface area (Å²) in [5.41, 5.74) is 3.13. The molecule has 0 N–H and O–H groups in total. The van der Waals surface area contributed by atoms with Crippen LogP contribution in [0.4, 0.5) is 5.69 Å². The summed E-state index contributed by atoms with van der Waals surface area (Å²) in [4.78, 5) is 13.2. The van der Waals surface area contributed by atoms with Gasteiger partial charge < -0.3 is 4.90 Å². The number of carbonyl (C=O) groups excluding carboxylic acids is 1. The Labute approximate surface area is 97.3 Å². The van der Waals surface area contributed by atoms with Crippen molar-refractivity contribution in [3.63, 3.8) is 0 Å². The number of aryl methyl sites for hydroxylation is 1. The molecule has 1 saturated heterocycles. The van der Waals surface area contributed by atoms with Gasteiger partial charge in [0.1, 0.15) is 6.29 Å². The van der Waals surface area contributed by atoms with Gasteiger partial charge in [-0.05, 0) is 49.4 Å². The third-order valence-electron chi connectivity index (χ3n) is 3.40. The van der Waals surface area contributed by atoms with E-state index in [0.29, 0.717) is 0 Å². The van der Waals surface area contributed by atoms with E-state index in [9.17, 15) is 4.79 Å². The van der Waals surface area contributed by atoms with Gasteiger partial charge in [0.2, 0.25) is 0 Å². The van der Waals surface area contributed by atoms with Crippen molar-refractivity contribution in [3.8, 4) is 0 Å². The first-order valence-corrected chi connectivity index (χ1v) is 6.01. The average Bonchev–Trinajstić information content (AvgIpc) is 2.29. The maximum atomic E-state index is 10.8. The van der Waals surface area contributed by atoms with Crippen molar-refractivity contribution in [1.29, 1.82) is 0 Å². The number of nitrogens with zero attached hydrogens (tertiary/aromatic N) is 1. The van der Waals surface area contributed by atoms with Crippen LogP contribution in [0.1, 0.15) is 35.7 Å². The summed E-state index contributed by atoms with van der Waals surface area (Å²) in [6.07, 6.45) is 3.54. The Morgan fingerprint density at radius 2 is 2.25 bits per heavy atom. The molecule has 1 fully saturated rings. The molecule has 0 spiro atoms. The van der Waals surface area contributed by atoms with Gasteiger partial charge in [-0.15, -0.1) is 0 Å². The van der Waals surface area contributed by atoms with Crippen molar-refractivity contribution >= 4 is 12.0 Å². The van der Waals surface area contributed by atoms with E-state index in [1.54, 1.807) is 0 Å². The first kappa shape index (κ1) is 11.2. The van der Waals surface area contributed by atoms with Crippen LogP contribution in [0.15, 0.2) is 18.2 Å². The van der Waals surface area contributed by atoms with Gasteiger partial charge in [-0.2, -0.15) is 0 Å². The molecule has 1 aromatic rings. The number of benzene rings is 1. The fourth-order valence-corrected chi connectivity index (χ4v) is 2.41. The predicted molar refractivity (Wildman–Crippen MR) is 67.2 cm³/mol. The number of rotatable bonds is 2. The Morgan fingerprint density at radius 1 is 1.44 bits per heavy atom. The fraction of sp³-hybridized carbons (Fsp3) is 0.500. The maximum Gasteiger partial charge on any atom is 0.150 e. The minimum Gasteiger partial charge on any atom is -0.371 e. The lowest BCUT2D eigenvalue weighted by Crippen LogP contribution is -2.34. The van der Waals surface area contributed by atoms with E-state index in [-0.39, 0.29) is 0 Å². The summed E-state index contributed by atoms with van der Waals surface area (Å²) < 4.78 is 0. The normalized spacial score (nSPS) is 20.9. The Hall–Kier alpha value is -1.31. The Bertz CT molecular complexity index is 386. The van der Waals surface area contributed by atoms with E-state index in [4.69, 9.17) is 0 Å². The molecule has 1 aromatic carbocycles. The summed E-state index contributed by atoms with van der Waals surface area (Å²) >= 11 is 0. The Morgan fingerprint density at radius 3 is 2.88 bits per heavy atom. The molecular weight excluding hydrogens is 198 g/mol. The third kappa shape index (κ3) is 2.26. The molecule has 1 unspecified atom stereocenters. The SMILES string of the molecule is Cc1cc(N2CCCC(C)C2)ccc1C=O. The van der Waals surface area contributed by atoms with Gasteiger partial charge in [0, 0.05) is 24.3 Å². The number of hydrogen-bond donors (Lipinski definition) is 0. The van der Waals surface area contributed by atoms with Crippen LogP contribution >= 0.6 is 0 Å². The molecule has 0 bridgehead atoms. The molecule has 0 radical (unpaired) electrons. The molecule has 1 aliphatic rings. The third-order valence-corrected chi connectivity index (χ3v) is 3.40. The summed E-state index contributed by atoms with van der Waals surface area (Å²) in [6.45, 7) is 6.59. The number of carbonyl (C=O) groups is 1. The first-order valence-electron chi connectivity index (χ1n) is 6.01. The molecule has 2 rings (SSSR count). The van der Waals surface area contributed by atoms with E-state index < -0.39 is 0 Å². The smallest absolute Gasteiger partial charge is 0.150 e. The van der Waals surface area contributed by atoms with Crippen molar-refractivity contribution < 1.29 is 4.79 Å². The van der Waals surface area contributed by atoms with Crippen LogP contribution in [0.5, 0.6) is 0 Å². The molecule has 2 heteroatoms. The van der Waals surface area contributed by atoms with E-state index in [1.165, 1.54) is 18.5 Å². The lowest BCUT2D eigenvalue weighted by molar-refractivity contribution is 0.112. The second-order valence-corrected chi connectivity index (χ2v) is 4.85. The van der Waals surface area contributed by atoms with Crippen molar-refractivity contribution in [3.05, 3.63) is 29.3 Å². The highest BCUT2D eigenvalue weighted by Gasteiger charge is 2.16. The highest BCUT2D eigenvalue weighted by atomic mass is 16.1. The summed E-state index contributed by atoms with van der Waals surface area (Å²) in [5.74, 6) is 0.778. The molecule has 16 heavy (non-hydrogen) atoms. The summed E-state index contributed by atoms with van der Waals surface area (Å²) in [6, 6.07) is 6.12. The van der Waals surface area contributed by atoms with E-state index in [1.807, 2.05) is 13.0 Å². The van der Waals surface area contributed by atoms with Crippen molar-refractivity contribution in [2.45, 2.75) is 26.7 Å². The lowest BCUT2D eigenvalue weighted by atomic mass is 9.99. The van der Waals surface area contributed by atoms with Crippen molar-refractivity contribution in [1.82, 2.24) is 0 Å². The van der Waals surface area contributed by atoms with Gasteiger partial charge in [-0.25, -0.2) is 0 Å². The second kappa shape index (κ2) is 4.69. The van der Waals surface area contributed by atoms with Gasteiger partial charge in [0.25, 0.3) is 0 Å². The summed E-state index contributed by atoms with van der Waals surface area (Å²) in [7, 11) is 0. The van der Waals surface area contributed by atoms with Gasteiger partial charge in [-0.1, -0.05) is 6.92 Å². The molecule has 1 aliphatic heterocycles. The van der Waals surface area contributed by atoms with Crippen molar-refractivity contribution in [2.24, 2.45) is 5.92 Å². The highest BCUT2D eigenvalue weighted by molar-refractivity contribution is 5.78. The van der Waals surface area contributed by atoms with Crippen LogP contribution in [0.25, 0.3) is 0 Å². The monoisotopic (exact) mass is 217 g/mol. The zero-order valence-electron chi connectivity index (χ0n) is 10.1. The second-order valence-electron chi connectivity index (χ2n) is 4.85. The van der Waals surface area contributed by atoms with Crippen LogP contribution in [-0.2, 0) is 0 Å². The van der Waals surface area contributed by atoms with E-state index >= 15 is 0 Å². The molecule has 0 aliphatic carbocycles. The maximum absolute atomic E-state index is 10.8. The quantitative estimate of drug-likeness (QED) is 0.710. The Balaban J connectivity index is 2.20. The molecule has 2 nitrogen and oxygen atoms in total. The van der Waals surface area contributed by atoms with Crippen LogP contribution in [0.2, 0.25) is 0 Å². The molecule has 0 aromatic heterocycles. The van der Waals surface area contributed by atoms with Gasteiger partial charge in [-0.3, -0.25) is 4.79 Å². The van der Waals surface area contributed by atoms with Crippen LogP contribution in [0.3, 0.4) is 0 Å². The number of aldehydes is 1. The Kier molecular flexibility index (Phi) is 3.28.